The largest absolute Gasteiger partial charge is 0.383 e. The highest BCUT2D eigenvalue weighted by atomic mass is 32.2. The molecule has 0 radical (unpaired) electrons. The maximum absolute atomic E-state index is 12.9. The van der Waals surface area contributed by atoms with Gasteiger partial charge in [-0.05, 0) is 54.8 Å². The first kappa shape index (κ1) is 31.8. The summed E-state index contributed by atoms with van der Waals surface area (Å²) in [5.41, 5.74) is 10.1. The molecule has 1 aliphatic heterocycles. The van der Waals surface area contributed by atoms with Gasteiger partial charge in [0, 0.05) is 10.1 Å². The molecular formula is C28H29F3N6O2S. The third-order valence-corrected chi connectivity index (χ3v) is 6.71. The van der Waals surface area contributed by atoms with E-state index < -0.39 is 0 Å². The van der Waals surface area contributed by atoms with Crippen LogP contribution in [0.1, 0.15) is 37.0 Å². The summed E-state index contributed by atoms with van der Waals surface area (Å²) in [6, 6.07) is 21.3. The van der Waals surface area contributed by atoms with Crippen molar-refractivity contribution < 1.29 is 23.7 Å². The summed E-state index contributed by atoms with van der Waals surface area (Å²) in [6.45, 7) is 3.99. The van der Waals surface area contributed by atoms with Crippen LogP contribution in [-0.2, 0) is 11.2 Å². The van der Waals surface area contributed by atoms with Crippen LogP contribution in [0.25, 0.3) is 0 Å². The minimum atomic E-state index is -0.229. The van der Waals surface area contributed by atoms with Gasteiger partial charge >= 0.3 is 0 Å². The zero-order valence-corrected chi connectivity index (χ0v) is 22.6. The minimum absolute atomic E-state index is 0. The van der Waals surface area contributed by atoms with Gasteiger partial charge < -0.3 is 5.73 Å². The number of aryl methyl sites for hydroxylation is 1. The smallest absolute Gasteiger partial charge is 0.246 e. The van der Waals surface area contributed by atoms with Crippen LogP contribution in [0, 0.1) is 0 Å². The Morgan fingerprint density at radius 1 is 1.07 bits per heavy atom. The van der Waals surface area contributed by atoms with Crippen molar-refractivity contribution >= 4 is 52.6 Å². The predicted molar refractivity (Wildman–Crippen MR) is 159 cm³/mol. The maximum atomic E-state index is 12.9. The summed E-state index contributed by atoms with van der Waals surface area (Å²) in [7, 11) is 0. The van der Waals surface area contributed by atoms with Crippen LogP contribution in [0.4, 0.5) is 25.3 Å². The fourth-order valence-electron chi connectivity index (χ4n) is 3.74. The van der Waals surface area contributed by atoms with Crippen LogP contribution in [0.5, 0.6) is 5.75 Å². The van der Waals surface area contributed by atoms with Crippen molar-refractivity contribution in [1.29, 1.82) is 0 Å². The molecule has 1 amide bonds. The third-order valence-electron chi connectivity index (χ3n) is 5.68. The Hall–Kier alpha value is -4.45. The molecule has 1 aliphatic rings. The highest BCUT2D eigenvalue weighted by Gasteiger charge is 2.37. The van der Waals surface area contributed by atoms with Crippen molar-refractivity contribution in [2.24, 2.45) is 25.9 Å². The average molecular weight is 571 g/mol. The fourth-order valence-corrected chi connectivity index (χ4v) is 4.65. The highest BCUT2D eigenvalue weighted by molar-refractivity contribution is 8.16. The lowest BCUT2D eigenvalue weighted by Gasteiger charge is -2.19. The quantitative estimate of drug-likeness (QED) is 0.190. The molecule has 0 bridgehead atoms. The molecule has 4 rings (SSSR count). The molecule has 8 nitrogen and oxygen atoms in total. The van der Waals surface area contributed by atoms with Crippen molar-refractivity contribution in [3.05, 3.63) is 89.5 Å². The molecule has 1 saturated heterocycles. The maximum Gasteiger partial charge on any atom is 0.246 e. The summed E-state index contributed by atoms with van der Waals surface area (Å²) >= 11 is 1.40. The Labute approximate surface area is 234 Å². The van der Waals surface area contributed by atoms with Gasteiger partial charge in [-0.3, -0.25) is 24.0 Å². The van der Waals surface area contributed by atoms with Crippen molar-refractivity contribution in [2.45, 2.75) is 31.9 Å². The number of nitrogens with two attached hydrogens (primary N) is 1. The summed E-state index contributed by atoms with van der Waals surface area (Å²) in [6.07, 6.45) is 4.82. The fraction of sp³-hybridized carbons (Fsp3) is 0.179. The van der Waals surface area contributed by atoms with E-state index in [9.17, 15) is 9.32 Å². The first-order chi connectivity index (χ1) is 18.5. The van der Waals surface area contributed by atoms with E-state index in [2.05, 4.69) is 32.1 Å². The van der Waals surface area contributed by atoms with E-state index >= 15 is 0 Å². The Kier molecular flexibility index (Phi) is 12.1. The Bertz CT molecular complexity index is 1400. The van der Waals surface area contributed by atoms with Crippen LogP contribution < -0.4 is 15.6 Å². The number of aliphatic imine (C=N–C) groups is 2. The second kappa shape index (κ2) is 15.2. The number of carbonyl (C=O) groups excluding carboxylic acids is 1. The van der Waals surface area contributed by atoms with E-state index in [-0.39, 0.29) is 32.2 Å². The van der Waals surface area contributed by atoms with Gasteiger partial charge in [0.2, 0.25) is 5.91 Å². The first-order valence-electron chi connectivity index (χ1n) is 12.0. The topological polar surface area (TPSA) is 105 Å². The molecule has 0 saturated carbocycles. The molecule has 2 N–H and O–H groups in total. The summed E-state index contributed by atoms with van der Waals surface area (Å²) in [5, 5.41) is 8.95. The summed E-state index contributed by atoms with van der Waals surface area (Å²) in [5.74, 6) is 0.389. The van der Waals surface area contributed by atoms with E-state index in [1.807, 2.05) is 55.5 Å². The van der Waals surface area contributed by atoms with Gasteiger partial charge in [0.05, 0.1) is 22.8 Å². The summed E-state index contributed by atoms with van der Waals surface area (Å²) < 4.78 is 12.1. The molecule has 1 atom stereocenters. The molecule has 1 heterocycles. The SMILES string of the molecule is CCCc1ccccc1N1C(=O)C(C)S/C1=N\N=C\c1ccc(C(N)=NC=Nc2ccc(OF)cc2)cc1.F.F. The molecule has 0 aromatic heterocycles. The van der Waals surface area contributed by atoms with E-state index in [1.54, 1.807) is 23.2 Å². The molecule has 0 spiro atoms. The highest BCUT2D eigenvalue weighted by Crippen LogP contribution is 2.34. The normalized spacial score (nSPS) is 16.4. The van der Waals surface area contributed by atoms with Crippen LogP contribution in [-0.4, -0.2) is 34.7 Å². The number of amides is 1. The third kappa shape index (κ3) is 7.79. The number of anilines is 1. The van der Waals surface area contributed by atoms with Gasteiger partial charge in [-0.1, -0.05) is 67.6 Å². The van der Waals surface area contributed by atoms with E-state index in [1.165, 1.54) is 30.2 Å². The molecular weight excluding hydrogens is 541 g/mol. The molecule has 210 valence electrons. The lowest BCUT2D eigenvalue weighted by molar-refractivity contribution is -0.116. The molecule has 1 fully saturated rings. The number of para-hydroxylation sites is 1. The van der Waals surface area contributed by atoms with E-state index in [4.69, 9.17) is 5.73 Å². The number of thioether (sulfide) groups is 1. The van der Waals surface area contributed by atoms with Gasteiger partial charge in [-0.2, -0.15) is 5.10 Å². The molecule has 0 aliphatic carbocycles. The van der Waals surface area contributed by atoms with Crippen LogP contribution in [0.3, 0.4) is 0 Å². The minimum Gasteiger partial charge on any atom is -0.383 e. The van der Waals surface area contributed by atoms with Gasteiger partial charge in [-0.25, -0.2) is 9.98 Å². The van der Waals surface area contributed by atoms with E-state index in [0.717, 1.165) is 29.7 Å². The van der Waals surface area contributed by atoms with Gasteiger partial charge in [0.15, 0.2) is 10.9 Å². The Balaban J connectivity index is 0.00000280. The average Bonchev–Trinajstić information content (AvgIpc) is 3.22. The number of benzene rings is 3. The van der Waals surface area contributed by atoms with Crippen molar-refractivity contribution in [3.8, 4) is 5.75 Å². The van der Waals surface area contributed by atoms with Crippen molar-refractivity contribution in [3.63, 3.8) is 0 Å². The lowest BCUT2D eigenvalue weighted by Crippen LogP contribution is -2.32. The van der Waals surface area contributed by atoms with Crippen LogP contribution in [0.15, 0.2) is 93.0 Å². The molecule has 40 heavy (non-hydrogen) atoms. The second-order valence-electron chi connectivity index (χ2n) is 8.39. The summed E-state index contributed by atoms with van der Waals surface area (Å²) in [4.78, 5) is 26.5. The standard InChI is InChI=1S/C28H27FN6O2S.2FH/c1-3-6-21-7-4-5-8-25(21)35-27(36)19(2)38-28(35)34-33-17-20-9-11-22(12-10-20)26(30)32-18-31-23-13-15-24(37-29)16-14-23;;/h4-5,7-19H,3,6H2,1-2H3,(H2,30,31,32);2*1H/b33-17+,34-28-;;. The lowest BCUT2D eigenvalue weighted by atomic mass is 10.1. The van der Waals surface area contributed by atoms with Gasteiger partial charge in [0.1, 0.15) is 12.2 Å². The van der Waals surface area contributed by atoms with Gasteiger partial charge in [-0.15, -0.1) is 5.10 Å². The van der Waals surface area contributed by atoms with Crippen molar-refractivity contribution in [1.82, 2.24) is 0 Å². The molecule has 3 aromatic rings. The monoisotopic (exact) mass is 570 g/mol. The zero-order chi connectivity index (χ0) is 26.9. The predicted octanol–water partition coefficient (Wildman–Crippen LogP) is 6.13. The Morgan fingerprint density at radius 2 is 1.77 bits per heavy atom. The second-order valence-corrected chi connectivity index (χ2v) is 9.70. The molecule has 3 aromatic carbocycles. The number of carbonyl (C=O) groups is 1. The van der Waals surface area contributed by atoms with Crippen LogP contribution >= 0.6 is 11.8 Å². The number of hydrogen-bond donors (Lipinski definition) is 1. The van der Waals surface area contributed by atoms with Crippen molar-refractivity contribution in [2.75, 3.05) is 4.90 Å². The number of hydrogen-bond acceptors (Lipinski definition) is 6. The zero-order valence-electron chi connectivity index (χ0n) is 21.8. The van der Waals surface area contributed by atoms with E-state index in [0.29, 0.717) is 16.4 Å². The van der Waals surface area contributed by atoms with Gasteiger partial charge in [0.25, 0.3) is 0 Å². The number of halogens is 3. The molecule has 12 heteroatoms. The molecule has 1 unspecified atom stereocenters. The number of amidine groups is 2. The Morgan fingerprint density at radius 3 is 2.45 bits per heavy atom. The number of rotatable bonds is 9. The number of nitrogens with zero attached hydrogens (tertiary/aromatic N) is 5. The van der Waals surface area contributed by atoms with Crippen LogP contribution in [0.2, 0.25) is 0 Å². The first-order valence-corrected chi connectivity index (χ1v) is 12.9.